The SMILES string of the molecule is CC(C)c1[nH]nc(O[C@@H]2O[C@H](CO)[C@@H](O)[C@H](O)[C@H]2O)c1Cc1ccc(CCCC(=O)NC(C)(C)CO)cc1. The van der Waals surface area contributed by atoms with Crippen LogP contribution < -0.4 is 10.1 Å². The van der Waals surface area contributed by atoms with Crippen LogP contribution in [0, 0.1) is 0 Å². The first kappa shape index (κ1) is 30.0. The summed E-state index contributed by atoms with van der Waals surface area (Å²) >= 11 is 0. The first-order chi connectivity index (χ1) is 18.0. The van der Waals surface area contributed by atoms with Crippen molar-refractivity contribution in [2.45, 2.75) is 95.5 Å². The second kappa shape index (κ2) is 13.0. The number of nitrogens with zero attached hydrogens (tertiary/aromatic N) is 1. The van der Waals surface area contributed by atoms with Crippen LogP contribution in [0.25, 0.3) is 0 Å². The molecule has 0 radical (unpaired) electrons. The van der Waals surface area contributed by atoms with Crippen LogP contribution in [0.4, 0.5) is 0 Å². The number of amides is 1. The molecule has 212 valence electrons. The minimum Gasteiger partial charge on any atom is -0.443 e. The fraction of sp³-hybridized carbons (Fsp3) is 0.630. The van der Waals surface area contributed by atoms with Crippen LogP contribution in [-0.4, -0.2) is 91.1 Å². The molecule has 11 heteroatoms. The number of aliphatic hydroxyl groups excluding tert-OH is 5. The molecule has 0 saturated carbocycles. The summed E-state index contributed by atoms with van der Waals surface area (Å²) in [5, 5.41) is 59.3. The number of H-pyrrole nitrogens is 1. The lowest BCUT2D eigenvalue weighted by Gasteiger charge is -2.39. The Labute approximate surface area is 222 Å². The van der Waals surface area contributed by atoms with Gasteiger partial charge in [0.25, 0.3) is 0 Å². The average molecular weight is 536 g/mol. The maximum absolute atomic E-state index is 12.1. The minimum atomic E-state index is -1.54. The Bertz CT molecular complexity index is 1040. The number of hydrogen-bond donors (Lipinski definition) is 7. The molecule has 1 aromatic carbocycles. The summed E-state index contributed by atoms with van der Waals surface area (Å²) < 4.78 is 11.3. The van der Waals surface area contributed by atoms with Crippen LogP contribution in [0.5, 0.6) is 5.88 Å². The molecule has 1 saturated heterocycles. The molecule has 2 aromatic rings. The van der Waals surface area contributed by atoms with Gasteiger partial charge in [0, 0.05) is 24.1 Å². The van der Waals surface area contributed by atoms with Crippen molar-refractivity contribution < 1.29 is 39.8 Å². The summed E-state index contributed by atoms with van der Waals surface area (Å²) in [4.78, 5) is 12.1. The van der Waals surface area contributed by atoms with Gasteiger partial charge in [0.1, 0.15) is 24.4 Å². The van der Waals surface area contributed by atoms with Gasteiger partial charge in [-0.15, -0.1) is 5.10 Å². The van der Waals surface area contributed by atoms with Crippen LogP contribution >= 0.6 is 0 Å². The molecule has 1 aliphatic heterocycles. The lowest BCUT2D eigenvalue weighted by molar-refractivity contribution is -0.278. The highest BCUT2D eigenvalue weighted by Gasteiger charge is 2.45. The molecule has 5 atom stereocenters. The number of carbonyl (C=O) groups is 1. The molecule has 1 fully saturated rings. The van der Waals surface area contributed by atoms with Crippen molar-refractivity contribution >= 4 is 5.91 Å². The van der Waals surface area contributed by atoms with Gasteiger partial charge >= 0.3 is 0 Å². The van der Waals surface area contributed by atoms with Crippen LogP contribution in [-0.2, 0) is 22.4 Å². The van der Waals surface area contributed by atoms with Gasteiger partial charge in [0.05, 0.1) is 18.8 Å². The number of aryl methyl sites for hydroxylation is 1. The quantitative estimate of drug-likeness (QED) is 0.204. The number of hydrogen-bond acceptors (Lipinski definition) is 9. The van der Waals surface area contributed by atoms with Crippen molar-refractivity contribution in [2.75, 3.05) is 13.2 Å². The largest absolute Gasteiger partial charge is 0.443 e. The van der Waals surface area contributed by atoms with Gasteiger partial charge in [-0.25, -0.2) is 0 Å². The van der Waals surface area contributed by atoms with E-state index in [4.69, 9.17) is 9.47 Å². The van der Waals surface area contributed by atoms with Crippen LogP contribution in [0.1, 0.15) is 68.8 Å². The van der Waals surface area contributed by atoms with E-state index in [1.54, 1.807) is 13.8 Å². The number of rotatable bonds is 12. The van der Waals surface area contributed by atoms with Crippen molar-refractivity contribution in [3.8, 4) is 5.88 Å². The predicted octanol–water partition coefficient (Wildman–Crippen LogP) is 0.512. The Kier molecular flexibility index (Phi) is 10.3. The molecule has 38 heavy (non-hydrogen) atoms. The first-order valence-corrected chi connectivity index (χ1v) is 13.0. The third-order valence-corrected chi connectivity index (χ3v) is 6.66. The average Bonchev–Trinajstić information content (AvgIpc) is 3.27. The Morgan fingerprint density at radius 2 is 1.76 bits per heavy atom. The number of ether oxygens (including phenoxy) is 2. The lowest BCUT2D eigenvalue weighted by Crippen LogP contribution is -2.60. The van der Waals surface area contributed by atoms with E-state index in [1.807, 2.05) is 38.1 Å². The normalized spacial score (nSPS) is 24.0. The summed E-state index contributed by atoms with van der Waals surface area (Å²) in [5.74, 6) is 0.221. The van der Waals surface area contributed by atoms with Crippen LogP contribution in [0.2, 0.25) is 0 Å². The third-order valence-electron chi connectivity index (χ3n) is 6.66. The molecule has 0 aliphatic carbocycles. The molecule has 0 bridgehead atoms. The summed E-state index contributed by atoms with van der Waals surface area (Å²) in [6, 6.07) is 8.02. The molecule has 1 aromatic heterocycles. The highest BCUT2D eigenvalue weighted by molar-refractivity contribution is 5.76. The standard InChI is InChI=1S/C27H41N3O8/c1-15(2)21-18(25(30-29-21)38-26-24(36)23(35)22(34)19(13-31)37-26)12-17-10-8-16(9-11-17)6-5-7-20(33)28-27(3,4)14-32/h8-11,15,19,22-24,26,31-32,34-36H,5-7,12-14H2,1-4H3,(H,28,33)(H,29,30)/t19-,22-,23+,24-,26+/m1/s1. The van der Waals surface area contributed by atoms with E-state index in [-0.39, 0.29) is 24.3 Å². The zero-order valence-electron chi connectivity index (χ0n) is 22.4. The van der Waals surface area contributed by atoms with Gasteiger partial charge < -0.3 is 40.3 Å². The van der Waals surface area contributed by atoms with E-state index < -0.39 is 42.9 Å². The minimum absolute atomic E-state index is 0.0891. The molecule has 0 unspecified atom stereocenters. The van der Waals surface area contributed by atoms with E-state index in [2.05, 4.69) is 15.5 Å². The second-order valence-electron chi connectivity index (χ2n) is 10.8. The Morgan fingerprint density at radius 1 is 1.11 bits per heavy atom. The topological polar surface area (TPSA) is 177 Å². The molecule has 3 rings (SSSR count). The number of nitrogens with one attached hydrogen (secondary N) is 2. The second-order valence-corrected chi connectivity index (χ2v) is 10.8. The maximum atomic E-state index is 12.1. The van der Waals surface area contributed by atoms with E-state index in [1.165, 1.54) is 0 Å². The highest BCUT2D eigenvalue weighted by atomic mass is 16.7. The monoisotopic (exact) mass is 535 g/mol. The van der Waals surface area contributed by atoms with Gasteiger partial charge in [-0.2, -0.15) is 0 Å². The Balaban J connectivity index is 1.65. The number of aromatic amines is 1. The summed E-state index contributed by atoms with van der Waals surface area (Å²) in [6.45, 7) is 6.90. The van der Waals surface area contributed by atoms with Crippen molar-refractivity contribution in [2.24, 2.45) is 0 Å². The zero-order valence-corrected chi connectivity index (χ0v) is 22.4. The summed E-state index contributed by atoms with van der Waals surface area (Å²) in [5.41, 5.74) is 3.08. The molecular formula is C27H41N3O8. The van der Waals surface area contributed by atoms with Crippen LogP contribution in [0.3, 0.4) is 0 Å². The summed E-state index contributed by atoms with van der Waals surface area (Å²) in [6.07, 6.45) is -4.68. The molecular weight excluding hydrogens is 494 g/mol. The number of benzene rings is 1. The molecule has 0 spiro atoms. The van der Waals surface area contributed by atoms with E-state index in [0.29, 0.717) is 19.3 Å². The third kappa shape index (κ3) is 7.52. The molecule has 2 heterocycles. The Hall–Kier alpha value is -2.54. The lowest BCUT2D eigenvalue weighted by atomic mass is 9.97. The van der Waals surface area contributed by atoms with Gasteiger partial charge in [0.2, 0.25) is 18.1 Å². The number of carbonyl (C=O) groups excluding carboxylic acids is 1. The highest BCUT2D eigenvalue weighted by Crippen LogP contribution is 2.31. The van der Waals surface area contributed by atoms with Crippen molar-refractivity contribution in [3.63, 3.8) is 0 Å². The molecule has 1 amide bonds. The van der Waals surface area contributed by atoms with Gasteiger partial charge in [-0.3, -0.25) is 9.89 Å². The Morgan fingerprint density at radius 3 is 2.37 bits per heavy atom. The van der Waals surface area contributed by atoms with E-state index >= 15 is 0 Å². The molecule has 7 N–H and O–H groups in total. The molecule has 11 nitrogen and oxygen atoms in total. The maximum Gasteiger partial charge on any atom is 0.238 e. The smallest absolute Gasteiger partial charge is 0.238 e. The van der Waals surface area contributed by atoms with Crippen LogP contribution in [0.15, 0.2) is 24.3 Å². The van der Waals surface area contributed by atoms with Crippen molar-refractivity contribution in [1.29, 1.82) is 0 Å². The number of aromatic nitrogens is 2. The van der Waals surface area contributed by atoms with Crippen molar-refractivity contribution in [1.82, 2.24) is 15.5 Å². The fourth-order valence-corrected chi connectivity index (χ4v) is 4.34. The van der Waals surface area contributed by atoms with Gasteiger partial charge in [-0.1, -0.05) is 38.1 Å². The number of aliphatic hydroxyl groups is 5. The molecule has 1 aliphatic rings. The van der Waals surface area contributed by atoms with Gasteiger partial charge in [-0.05, 0) is 43.7 Å². The predicted molar refractivity (Wildman–Crippen MR) is 139 cm³/mol. The van der Waals surface area contributed by atoms with Gasteiger partial charge in [0.15, 0.2) is 0 Å². The first-order valence-electron chi connectivity index (χ1n) is 13.0. The van der Waals surface area contributed by atoms with E-state index in [0.717, 1.165) is 28.8 Å². The van der Waals surface area contributed by atoms with Crippen molar-refractivity contribution in [3.05, 3.63) is 46.6 Å². The zero-order chi connectivity index (χ0) is 28.0. The fourth-order valence-electron chi connectivity index (χ4n) is 4.34. The van der Waals surface area contributed by atoms with E-state index in [9.17, 15) is 30.3 Å². The summed E-state index contributed by atoms with van der Waals surface area (Å²) in [7, 11) is 0.